The van der Waals surface area contributed by atoms with Crippen LogP contribution in [0.25, 0.3) is 0 Å². The van der Waals surface area contributed by atoms with Gasteiger partial charge in [0.1, 0.15) is 0 Å². The molecule has 0 saturated heterocycles. The zero-order valence-corrected chi connectivity index (χ0v) is 15.3. The van der Waals surface area contributed by atoms with Gasteiger partial charge >= 0.3 is 18.0 Å². The maximum Gasteiger partial charge on any atom is 0.337 e. The molecule has 26 heavy (non-hydrogen) atoms. The van der Waals surface area contributed by atoms with Crippen molar-refractivity contribution in [1.82, 2.24) is 0 Å². The summed E-state index contributed by atoms with van der Waals surface area (Å²) in [6.45, 7) is 0. The van der Waals surface area contributed by atoms with Gasteiger partial charge in [0.25, 0.3) is 0 Å². The zero-order chi connectivity index (χ0) is 19.3. The van der Waals surface area contributed by atoms with Gasteiger partial charge < -0.3 is 20.1 Å². The zero-order valence-electron chi connectivity index (χ0n) is 13.8. The van der Waals surface area contributed by atoms with Gasteiger partial charge in [-0.3, -0.25) is 0 Å². The number of halogens is 2. The van der Waals surface area contributed by atoms with Crippen LogP contribution in [0.1, 0.15) is 20.7 Å². The summed E-state index contributed by atoms with van der Waals surface area (Å²) in [4.78, 5) is 35.4. The Labute approximate surface area is 159 Å². The molecular formula is C17H14Cl2N2O5. The summed E-state index contributed by atoms with van der Waals surface area (Å²) in [6, 6.07) is 7.92. The highest BCUT2D eigenvalue weighted by atomic mass is 35.5. The molecule has 2 N–H and O–H groups in total. The van der Waals surface area contributed by atoms with Crippen molar-refractivity contribution in [2.75, 3.05) is 24.9 Å². The highest BCUT2D eigenvalue weighted by Gasteiger charge is 2.14. The fraction of sp³-hybridized carbons (Fsp3) is 0.118. The smallest absolute Gasteiger partial charge is 0.337 e. The van der Waals surface area contributed by atoms with Gasteiger partial charge in [0.2, 0.25) is 0 Å². The fourth-order valence-electron chi connectivity index (χ4n) is 2.01. The predicted molar refractivity (Wildman–Crippen MR) is 98.2 cm³/mol. The quantitative estimate of drug-likeness (QED) is 0.754. The van der Waals surface area contributed by atoms with Crippen molar-refractivity contribution in [1.29, 1.82) is 0 Å². The van der Waals surface area contributed by atoms with Gasteiger partial charge in [-0.25, -0.2) is 14.4 Å². The summed E-state index contributed by atoms with van der Waals surface area (Å²) >= 11 is 12.1. The molecule has 0 heterocycles. The summed E-state index contributed by atoms with van der Waals surface area (Å²) in [5, 5.41) is 5.46. The van der Waals surface area contributed by atoms with Crippen LogP contribution in [0.2, 0.25) is 10.0 Å². The van der Waals surface area contributed by atoms with Gasteiger partial charge in [-0.1, -0.05) is 23.2 Å². The van der Waals surface area contributed by atoms with E-state index in [-0.39, 0.29) is 32.5 Å². The summed E-state index contributed by atoms with van der Waals surface area (Å²) in [7, 11) is 2.49. The van der Waals surface area contributed by atoms with Crippen LogP contribution in [0.4, 0.5) is 16.2 Å². The average molecular weight is 397 g/mol. The van der Waals surface area contributed by atoms with Gasteiger partial charge in [0.05, 0.1) is 46.8 Å². The van der Waals surface area contributed by atoms with Crippen LogP contribution in [0.5, 0.6) is 0 Å². The van der Waals surface area contributed by atoms with Crippen molar-refractivity contribution >= 4 is 52.5 Å². The first-order chi connectivity index (χ1) is 12.3. The molecule has 9 heteroatoms. The normalized spacial score (nSPS) is 10.0. The lowest BCUT2D eigenvalue weighted by Crippen LogP contribution is -2.20. The Kier molecular flexibility index (Phi) is 6.43. The van der Waals surface area contributed by atoms with Crippen LogP contribution in [0.3, 0.4) is 0 Å². The molecule has 136 valence electrons. The minimum Gasteiger partial charge on any atom is -0.465 e. The molecule has 0 fully saturated rings. The molecule has 0 aliphatic rings. The Morgan fingerprint density at radius 3 is 1.50 bits per heavy atom. The molecule has 0 spiro atoms. The molecule has 0 atom stereocenters. The van der Waals surface area contributed by atoms with Gasteiger partial charge in [-0.2, -0.15) is 0 Å². The van der Waals surface area contributed by atoms with E-state index in [0.717, 1.165) is 0 Å². The number of carbonyl (C=O) groups excluding carboxylic acids is 3. The molecule has 0 aliphatic heterocycles. The number of benzene rings is 2. The summed E-state index contributed by atoms with van der Waals surface area (Å²) < 4.78 is 9.24. The van der Waals surface area contributed by atoms with Crippen LogP contribution < -0.4 is 10.6 Å². The van der Waals surface area contributed by atoms with Crippen molar-refractivity contribution in [2.45, 2.75) is 0 Å². The van der Waals surface area contributed by atoms with Gasteiger partial charge in [0.15, 0.2) is 0 Å². The van der Waals surface area contributed by atoms with Crippen LogP contribution in [0.15, 0.2) is 36.4 Å². The standard InChI is InChI=1S/C17H14Cl2N2O5/c1-25-15(22)9-3-5-11(18)13(7-9)20-17(24)21-14-8-10(16(23)26-2)4-6-12(14)19/h3-8H,1-2H3,(H2,20,21,24). The van der Waals surface area contributed by atoms with Crippen molar-refractivity contribution in [2.24, 2.45) is 0 Å². The van der Waals surface area contributed by atoms with E-state index >= 15 is 0 Å². The Morgan fingerprint density at radius 2 is 1.15 bits per heavy atom. The first kappa shape index (κ1) is 19.6. The maximum atomic E-state index is 12.2. The highest BCUT2D eigenvalue weighted by Crippen LogP contribution is 2.26. The van der Waals surface area contributed by atoms with E-state index in [2.05, 4.69) is 20.1 Å². The van der Waals surface area contributed by atoms with Crippen molar-refractivity contribution < 1.29 is 23.9 Å². The van der Waals surface area contributed by atoms with Crippen LogP contribution in [0, 0.1) is 0 Å². The van der Waals surface area contributed by atoms with Crippen LogP contribution in [-0.4, -0.2) is 32.2 Å². The average Bonchev–Trinajstić information content (AvgIpc) is 2.63. The lowest BCUT2D eigenvalue weighted by molar-refractivity contribution is 0.0592. The number of hydrogen-bond donors (Lipinski definition) is 2. The Balaban J connectivity index is 2.19. The van der Waals surface area contributed by atoms with Gasteiger partial charge in [-0.15, -0.1) is 0 Å². The third-order valence-electron chi connectivity index (χ3n) is 3.27. The highest BCUT2D eigenvalue weighted by molar-refractivity contribution is 6.35. The van der Waals surface area contributed by atoms with Crippen molar-refractivity contribution in [3.05, 3.63) is 57.6 Å². The van der Waals surface area contributed by atoms with Crippen molar-refractivity contribution in [3.63, 3.8) is 0 Å². The third kappa shape index (κ3) is 4.65. The van der Waals surface area contributed by atoms with Crippen LogP contribution in [-0.2, 0) is 9.47 Å². The lowest BCUT2D eigenvalue weighted by atomic mass is 10.2. The number of urea groups is 1. The molecule has 0 radical (unpaired) electrons. The molecule has 2 amide bonds. The molecule has 2 aromatic rings. The number of nitrogens with one attached hydrogen (secondary N) is 2. The summed E-state index contributed by atoms with van der Waals surface area (Å²) in [5.74, 6) is -1.14. The number of methoxy groups -OCH3 is 2. The molecule has 2 aromatic carbocycles. The fourth-order valence-corrected chi connectivity index (χ4v) is 2.34. The van der Waals surface area contributed by atoms with E-state index in [1.807, 2.05) is 0 Å². The van der Waals surface area contributed by atoms with E-state index < -0.39 is 18.0 Å². The third-order valence-corrected chi connectivity index (χ3v) is 3.93. The minimum atomic E-state index is -0.669. The molecule has 0 bridgehead atoms. The number of hydrogen-bond acceptors (Lipinski definition) is 5. The predicted octanol–water partition coefficient (Wildman–Crippen LogP) is 4.21. The second-order valence-electron chi connectivity index (χ2n) is 4.95. The second-order valence-corrected chi connectivity index (χ2v) is 5.77. The van der Waals surface area contributed by atoms with Crippen molar-refractivity contribution in [3.8, 4) is 0 Å². The number of rotatable bonds is 4. The first-order valence-electron chi connectivity index (χ1n) is 7.19. The second kappa shape index (κ2) is 8.55. The largest absolute Gasteiger partial charge is 0.465 e. The Hall–Kier alpha value is -2.77. The van der Waals surface area contributed by atoms with E-state index in [1.54, 1.807) is 0 Å². The number of esters is 2. The molecule has 2 rings (SSSR count). The van der Waals surface area contributed by atoms with E-state index in [4.69, 9.17) is 23.2 Å². The maximum absolute atomic E-state index is 12.2. The van der Waals surface area contributed by atoms with Crippen LogP contribution >= 0.6 is 23.2 Å². The molecule has 0 aromatic heterocycles. The summed E-state index contributed by atoms with van der Waals surface area (Å²) in [6.07, 6.45) is 0. The number of amides is 2. The molecule has 0 unspecified atom stereocenters. The van der Waals surface area contributed by atoms with E-state index in [0.29, 0.717) is 0 Å². The van der Waals surface area contributed by atoms with Gasteiger partial charge in [0, 0.05) is 0 Å². The molecule has 0 saturated carbocycles. The topological polar surface area (TPSA) is 93.7 Å². The monoisotopic (exact) mass is 396 g/mol. The minimum absolute atomic E-state index is 0.201. The SMILES string of the molecule is COC(=O)c1ccc(Cl)c(NC(=O)Nc2cc(C(=O)OC)ccc2Cl)c1. The lowest BCUT2D eigenvalue weighted by Gasteiger charge is -2.12. The van der Waals surface area contributed by atoms with E-state index in [1.165, 1.54) is 50.6 Å². The van der Waals surface area contributed by atoms with Gasteiger partial charge in [-0.05, 0) is 36.4 Å². The Morgan fingerprint density at radius 1 is 0.769 bits per heavy atom. The molecular weight excluding hydrogens is 383 g/mol. The number of anilines is 2. The van der Waals surface area contributed by atoms with E-state index in [9.17, 15) is 14.4 Å². The number of carbonyl (C=O) groups is 3. The molecule has 0 aliphatic carbocycles. The molecule has 7 nitrogen and oxygen atoms in total. The Bertz CT molecular complexity index is 801. The first-order valence-corrected chi connectivity index (χ1v) is 7.95. The summed E-state index contributed by atoms with van der Waals surface area (Å²) in [5.41, 5.74) is 0.843. The number of ether oxygens (including phenoxy) is 2.